The van der Waals surface area contributed by atoms with Gasteiger partial charge in [0, 0.05) is 19.2 Å². The highest BCUT2D eigenvalue weighted by Gasteiger charge is 2.14. The van der Waals surface area contributed by atoms with Crippen LogP contribution in [0.2, 0.25) is 5.28 Å². The number of aromatic nitrogens is 4. The number of nitrogens with zero attached hydrogens (tertiary/aromatic N) is 4. The maximum absolute atomic E-state index is 13.6. The molecule has 0 aliphatic heterocycles. The Morgan fingerprint density at radius 2 is 1.92 bits per heavy atom. The molecule has 0 aliphatic carbocycles. The minimum Gasteiger partial charge on any atom is -0.422 e. The van der Waals surface area contributed by atoms with Crippen molar-refractivity contribution in [1.82, 2.24) is 19.9 Å². The molecule has 0 amide bonds. The number of hydrogen-bond acceptors (Lipinski definition) is 7. The number of hydrogen-bond donors (Lipinski definition) is 2. The van der Waals surface area contributed by atoms with E-state index in [0.717, 1.165) is 0 Å². The van der Waals surface area contributed by atoms with E-state index in [1.165, 1.54) is 18.3 Å². The average Bonchev–Trinajstić information content (AvgIpc) is 3.07. The SMILES string of the molecule is CC.CC.NCCc1nc2c(NCc3ncccc3F)nc(Cl)nc2o1. The Morgan fingerprint density at radius 1 is 1.19 bits per heavy atom. The number of halogens is 2. The molecular formula is C17H24ClFN6O. The standard InChI is InChI=1S/C13H12ClFN6O.2C2H6/c14-13-20-11(18-6-8-7(15)2-1-5-17-8)10-12(21-13)22-9(19-10)3-4-16;2*1-2/h1-2,5H,3-4,6,16H2,(H,18,20,21);2*1-2H3. The van der Waals surface area contributed by atoms with Gasteiger partial charge in [-0.05, 0) is 23.7 Å². The lowest BCUT2D eigenvalue weighted by molar-refractivity contribution is 0.523. The molecule has 3 aromatic heterocycles. The minimum atomic E-state index is -0.407. The Balaban J connectivity index is 0.000000791. The van der Waals surface area contributed by atoms with Crippen LogP contribution in [0.3, 0.4) is 0 Å². The summed E-state index contributed by atoms with van der Waals surface area (Å²) in [4.78, 5) is 16.3. The summed E-state index contributed by atoms with van der Waals surface area (Å²) in [5.41, 5.74) is 6.41. The summed E-state index contributed by atoms with van der Waals surface area (Å²) in [5, 5.41) is 2.96. The van der Waals surface area contributed by atoms with Gasteiger partial charge in [0.05, 0.1) is 12.2 Å². The number of nitrogens with one attached hydrogen (secondary N) is 1. The van der Waals surface area contributed by atoms with Gasteiger partial charge in [0.1, 0.15) is 5.82 Å². The average molecular weight is 383 g/mol. The number of fused-ring (bicyclic) bond motifs is 1. The van der Waals surface area contributed by atoms with E-state index >= 15 is 0 Å². The zero-order valence-corrected chi connectivity index (χ0v) is 16.1. The van der Waals surface area contributed by atoms with Crippen LogP contribution in [0.1, 0.15) is 39.3 Å². The maximum Gasteiger partial charge on any atom is 0.253 e. The second kappa shape index (κ2) is 11.3. The monoisotopic (exact) mass is 382 g/mol. The molecule has 0 aliphatic rings. The number of anilines is 1. The molecule has 0 fully saturated rings. The van der Waals surface area contributed by atoms with Crippen molar-refractivity contribution in [2.24, 2.45) is 5.73 Å². The van der Waals surface area contributed by atoms with E-state index < -0.39 is 5.82 Å². The van der Waals surface area contributed by atoms with E-state index in [2.05, 4.69) is 25.3 Å². The fraction of sp³-hybridized carbons (Fsp3) is 0.412. The highest BCUT2D eigenvalue weighted by Crippen LogP contribution is 2.23. The molecule has 3 aromatic rings. The highest BCUT2D eigenvalue weighted by atomic mass is 35.5. The van der Waals surface area contributed by atoms with Crippen LogP contribution in [-0.2, 0) is 13.0 Å². The first-order valence-electron chi connectivity index (χ1n) is 8.53. The summed E-state index contributed by atoms with van der Waals surface area (Å²) < 4.78 is 19.0. The van der Waals surface area contributed by atoms with Crippen LogP contribution in [-0.4, -0.2) is 26.5 Å². The van der Waals surface area contributed by atoms with Crippen molar-refractivity contribution in [2.45, 2.75) is 40.7 Å². The predicted octanol–water partition coefficient (Wildman–Crippen LogP) is 3.97. The van der Waals surface area contributed by atoms with E-state index in [-0.39, 0.29) is 23.2 Å². The van der Waals surface area contributed by atoms with Crippen LogP contribution in [0.15, 0.2) is 22.7 Å². The Labute approximate surface area is 157 Å². The van der Waals surface area contributed by atoms with Crippen LogP contribution >= 0.6 is 11.6 Å². The van der Waals surface area contributed by atoms with E-state index in [1.807, 2.05) is 27.7 Å². The Morgan fingerprint density at radius 3 is 2.58 bits per heavy atom. The topological polar surface area (TPSA) is 103 Å². The normalized spacial score (nSPS) is 9.81. The van der Waals surface area contributed by atoms with Crippen molar-refractivity contribution >= 4 is 28.6 Å². The molecule has 3 heterocycles. The lowest BCUT2D eigenvalue weighted by Gasteiger charge is -2.05. The minimum absolute atomic E-state index is 0.00643. The second-order valence-corrected chi connectivity index (χ2v) is 4.76. The van der Waals surface area contributed by atoms with Crippen molar-refractivity contribution in [3.63, 3.8) is 0 Å². The van der Waals surface area contributed by atoms with Crippen molar-refractivity contribution in [1.29, 1.82) is 0 Å². The molecule has 0 aromatic carbocycles. The number of oxazole rings is 1. The van der Waals surface area contributed by atoms with Gasteiger partial charge in [-0.1, -0.05) is 27.7 Å². The number of nitrogens with two attached hydrogens (primary N) is 1. The molecule has 3 rings (SSSR count). The summed E-state index contributed by atoms with van der Waals surface area (Å²) in [6, 6.07) is 2.86. The molecule has 142 valence electrons. The van der Waals surface area contributed by atoms with E-state index in [1.54, 1.807) is 0 Å². The van der Waals surface area contributed by atoms with Gasteiger partial charge in [-0.3, -0.25) is 4.98 Å². The van der Waals surface area contributed by atoms with E-state index in [0.29, 0.717) is 30.2 Å². The quantitative estimate of drug-likeness (QED) is 0.643. The summed E-state index contributed by atoms with van der Waals surface area (Å²) in [6.45, 7) is 8.53. The molecule has 0 saturated heterocycles. The van der Waals surface area contributed by atoms with Gasteiger partial charge in [0.2, 0.25) is 5.28 Å². The van der Waals surface area contributed by atoms with Crippen molar-refractivity contribution in [2.75, 3.05) is 11.9 Å². The predicted molar refractivity (Wildman–Crippen MR) is 102 cm³/mol. The van der Waals surface area contributed by atoms with Gasteiger partial charge in [-0.25, -0.2) is 9.37 Å². The molecular weight excluding hydrogens is 359 g/mol. The molecule has 0 atom stereocenters. The van der Waals surface area contributed by atoms with Crippen LogP contribution in [0.5, 0.6) is 0 Å². The second-order valence-electron chi connectivity index (χ2n) is 4.43. The molecule has 7 nitrogen and oxygen atoms in total. The molecule has 0 radical (unpaired) electrons. The zero-order chi connectivity index (χ0) is 19.5. The third-order valence-corrected chi connectivity index (χ3v) is 3.06. The third-order valence-electron chi connectivity index (χ3n) is 2.89. The molecule has 0 spiro atoms. The van der Waals surface area contributed by atoms with Crippen LogP contribution in [0.25, 0.3) is 11.2 Å². The van der Waals surface area contributed by atoms with Gasteiger partial charge in [-0.2, -0.15) is 9.97 Å². The van der Waals surface area contributed by atoms with Crippen LogP contribution in [0.4, 0.5) is 10.2 Å². The summed E-state index contributed by atoms with van der Waals surface area (Å²) in [7, 11) is 0. The molecule has 26 heavy (non-hydrogen) atoms. The first-order chi connectivity index (χ1) is 12.7. The van der Waals surface area contributed by atoms with Gasteiger partial charge < -0.3 is 15.5 Å². The largest absolute Gasteiger partial charge is 0.422 e. The molecule has 9 heteroatoms. The summed E-state index contributed by atoms with van der Waals surface area (Å²) in [6.07, 6.45) is 1.99. The van der Waals surface area contributed by atoms with Gasteiger partial charge in [-0.15, -0.1) is 0 Å². The number of pyridine rings is 1. The van der Waals surface area contributed by atoms with Gasteiger partial charge in [0.15, 0.2) is 17.2 Å². The molecule has 0 bridgehead atoms. The fourth-order valence-electron chi connectivity index (χ4n) is 1.91. The third kappa shape index (κ3) is 5.60. The first-order valence-corrected chi connectivity index (χ1v) is 8.91. The maximum atomic E-state index is 13.6. The van der Waals surface area contributed by atoms with Crippen molar-refractivity contribution in [3.05, 3.63) is 41.0 Å². The van der Waals surface area contributed by atoms with Crippen LogP contribution in [0, 0.1) is 5.82 Å². The Bertz CT molecular complexity index is 811. The van der Waals surface area contributed by atoms with Crippen molar-refractivity contribution in [3.8, 4) is 0 Å². The first kappa shape index (κ1) is 21.7. The molecule has 0 unspecified atom stereocenters. The molecule has 3 N–H and O–H groups in total. The Kier molecular flexibility index (Phi) is 9.46. The van der Waals surface area contributed by atoms with Crippen molar-refractivity contribution < 1.29 is 8.81 Å². The Hall–Kier alpha value is -2.32. The summed E-state index contributed by atoms with van der Waals surface area (Å²) in [5.74, 6) is 0.392. The summed E-state index contributed by atoms with van der Waals surface area (Å²) >= 11 is 5.86. The zero-order valence-electron chi connectivity index (χ0n) is 15.4. The smallest absolute Gasteiger partial charge is 0.253 e. The van der Waals surface area contributed by atoms with Gasteiger partial charge in [0.25, 0.3) is 5.71 Å². The lowest BCUT2D eigenvalue weighted by atomic mass is 10.3. The lowest BCUT2D eigenvalue weighted by Crippen LogP contribution is -2.06. The van der Waals surface area contributed by atoms with Crippen LogP contribution < -0.4 is 11.1 Å². The van der Waals surface area contributed by atoms with E-state index in [9.17, 15) is 4.39 Å². The van der Waals surface area contributed by atoms with E-state index in [4.69, 9.17) is 21.8 Å². The number of rotatable bonds is 5. The molecule has 0 saturated carbocycles. The highest BCUT2D eigenvalue weighted by molar-refractivity contribution is 6.28. The van der Waals surface area contributed by atoms with Gasteiger partial charge >= 0.3 is 0 Å². The fourth-order valence-corrected chi connectivity index (χ4v) is 2.07.